The summed E-state index contributed by atoms with van der Waals surface area (Å²) in [6, 6.07) is 0. The van der Waals surface area contributed by atoms with E-state index in [1.807, 2.05) is 6.92 Å². The van der Waals surface area contributed by atoms with E-state index in [0.29, 0.717) is 28.4 Å². The second-order valence-electron chi connectivity index (χ2n) is 9.87. The standard InChI is InChI=1S/C21H34O2/c1-13(22)17-6-7-18-16-5-4-14-12-15(23)8-10-20(14,2)19(16)9-11-21(17,18)3/h13-14,16-19,22H,4-12H2,1-3H3/t13-,14-,16+,17-,18+,19+,20+,21-/m1/s1. The van der Waals surface area contributed by atoms with E-state index >= 15 is 0 Å². The zero-order valence-corrected chi connectivity index (χ0v) is 15.2. The molecule has 8 atom stereocenters. The van der Waals surface area contributed by atoms with Crippen LogP contribution in [-0.2, 0) is 4.79 Å². The molecular weight excluding hydrogens is 284 g/mol. The van der Waals surface area contributed by atoms with Crippen LogP contribution >= 0.6 is 0 Å². The Hall–Kier alpha value is -0.370. The van der Waals surface area contributed by atoms with Gasteiger partial charge in [-0.2, -0.15) is 0 Å². The highest BCUT2D eigenvalue weighted by Crippen LogP contribution is 2.67. The second-order valence-corrected chi connectivity index (χ2v) is 9.87. The highest BCUT2D eigenvalue weighted by atomic mass is 16.3. The molecule has 130 valence electrons. The van der Waals surface area contributed by atoms with E-state index in [1.165, 1.54) is 38.5 Å². The van der Waals surface area contributed by atoms with Crippen LogP contribution in [-0.4, -0.2) is 17.0 Å². The Morgan fingerprint density at radius 3 is 2.48 bits per heavy atom. The summed E-state index contributed by atoms with van der Waals surface area (Å²) < 4.78 is 0. The normalized spacial score (nSPS) is 54.1. The summed E-state index contributed by atoms with van der Waals surface area (Å²) in [5.41, 5.74) is 0.782. The lowest BCUT2D eigenvalue weighted by Gasteiger charge is -2.60. The van der Waals surface area contributed by atoms with Crippen molar-refractivity contribution in [2.24, 2.45) is 40.4 Å². The Morgan fingerprint density at radius 2 is 1.74 bits per heavy atom. The van der Waals surface area contributed by atoms with Crippen molar-refractivity contribution >= 4 is 5.78 Å². The third-order valence-electron chi connectivity index (χ3n) is 9.14. The van der Waals surface area contributed by atoms with Gasteiger partial charge in [0.05, 0.1) is 6.10 Å². The van der Waals surface area contributed by atoms with Crippen molar-refractivity contribution in [2.75, 3.05) is 0 Å². The summed E-state index contributed by atoms with van der Waals surface area (Å²) in [4.78, 5) is 11.9. The molecular formula is C21H34O2. The van der Waals surface area contributed by atoms with Gasteiger partial charge in [-0.1, -0.05) is 13.8 Å². The number of aliphatic hydroxyl groups is 1. The quantitative estimate of drug-likeness (QED) is 0.767. The minimum absolute atomic E-state index is 0.152. The number of fused-ring (bicyclic) bond motifs is 5. The van der Waals surface area contributed by atoms with Gasteiger partial charge in [-0.05, 0) is 92.3 Å². The molecule has 0 aliphatic heterocycles. The second kappa shape index (κ2) is 5.31. The van der Waals surface area contributed by atoms with Crippen molar-refractivity contribution in [3.05, 3.63) is 0 Å². The maximum Gasteiger partial charge on any atom is 0.133 e. The van der Waals surface area contributed by atoms with Crippen LogP contribution in [0.3, 0.4) is 0 Å². The van der Waals surface area contributed by atoms with Crippen LogP contribution in [0.5, 0.6) is 0 Å². The number of hydrogen-bond donors (Lipinski definition) is 1. The SMILES string of the molecule is C[C@@H](O)[C@H]1CC[C@H]2[C@@H]3CC[C@@H]4CC(=O)CC[C@]4(C)[C@H]3CC[C@]12C. The Kier molecular flexibility index (Phi) is 3.72. The molecule has 4 fully saturated rings. The van der Waals surface area contributed by atoms with Crippen molar-refractivity contribution in [3.8, 4) is 0 Å². The molecule has 4 saturated carbocycles. The molecule has 4 rings (SSSR count). The summed E-state index contributed by atoms with van der Waals surface area (Å²) in [6.45, 7) is 7.01. The van der Waals surface area contributed by atoms with Crippen LogP contribution in [0.4, 0.5) is 0 Å². The molecule has 0 spiro atoms. The summed E-state index contributed by atoms with van der Waals surface area (Å²) >= 11 is 0. The monoisotopic (exact) mass is 318 g/mol. The number of hydrogen-bond acceptors (Lipinski definition) is 2. The van der Waals surface area contributed by atoms with Crippen molar-refractivity contribution in [3.63, 3.8) is 0 Å². The minimum atomic E-state index is -0.152. The average Bonchev–Trinajstić information content (AvgIpc) is 2.85. The Bertz CT molecular complexity index is 498. The Labute approximate surface area is 141 Å². The van der Waals surface area contributed by atoms with E-state index in [-0.39, 0.29) is 6.10 Å². The highest BCUT2D eigenvalue weighted by Gasteiger charge is 2.60. The molecule has 0 saturated heterocycles. The first-order valence-corrected chi connectivity index (χ1v) is 10.1. The van der Waals surface area contributed by atoms with Crippen molar-refractivity contribution in [1.82, 2.24) is 0 Å². The van der Waals surface area contributed by atoms with Crippen LogP contribution in [0, 0.1) is 40.4 Å². The lowest BCUT2D eigenvalue weighted by atomic mass is 9.44. The highest BCUT2D eigenvalue weighted by molar-refractivity contribution is 5.79. The zero-order valence-electron chi connectivity index (χ0n) is 15.2. The molecule has 0 aromatic rings. The summed E-state index contributed by atoms with van der Waals surface area (Å²) in [7, 11) is 0. The molecule has 2 heteroatoms. The van der Waals surface area contributed by atoms with Gasteiger partial charge >= 0.3 is 0 Å². The molecule has 0 radical (unpaired) electrons. The smallest absolute Gasteiger partial charge is 0.133 e. The van der Waals surface area contributed by atoms with E-state index in [0.717, 1.165) is 37.0 Å². The fraction of sp³-hybridized carbons (Fsp3) is 0.952. The van der Waals surface area contributed by atoms with Crippen LogP contribution in [0.2, 0.25) is 0 Å². The number of carbonyl (C=O) groups excluding carboxylic acids is 1. The largest absolute Gasteiger partial charge is 0.393 e. The van der Waals surface area contributed by atoms with Gasteiger partial charge in [0.1, 0.15) is 5.78 Å². The van der Waals surface area contributed by atoms with Crippen molar-refractivity contribution < 1.29 is 9.90 Å². The van der Waals surface area contributed by atoms with Gasteiger partial charge in [0.15, 0.2) is 0 Å². The molecule has 23 heavy (non-hydrogen) atoms. The predicted molar refractivity (Wildman–Crippen MR) is 91.9 cm³/mol. The molecule has 4 aliphatic carbocycles. The van der Waals surface area contributed by atoms with Gasteiger partial charge in [0, 0.05) is 12.8 Å². The zero-order chi connectivity index (χ0) is 16.4. The van der Waals surface area contributed by atoms with E-state index in [2.05, 4.69) is 13.8 Å². The number of rotatable bonds is 1. The maximum atomic E-state index is 11.9. The molecule has 4 aliphatic rings. The van der Waals surface area contributed by atoms with Crippen molar-refractivity contribution in [2.45, 2.75) is 84.7 Å². The maximum absolute atomic E-state index is 11.9. The molecule has 0 aromatic carbocycles. The first kappa shape index (κ1) is 16.1. The van der Waals surface area contributed by atoms with Gasteiger partial charge < -0.3 is 5.11 Å². The van der Waals surface area contributed by atoms with Gasteiger partial charge in [0.25, 0.3) is 0 Å². The van der Waals surface area contributed by atoms with Gasteiger partial charge in [0.2, 0.25) is 0 Å². The molecule has 1 N–H and O–H groups in total. The molecule has 0 bridgehead atoms. The Balaban J connectivity index is 1.61. The summed E-state index contributed by atoms with van der Waals surface area (Å²) in [5, 5.41) is 10.3. The first-order valence-electron chi connectivity index (χ1n) is 10.1. The van der Waals surface area contributed by atoms with Gasteiger partial charge in [-0.25, -0.2) is 0 Å². The van der Waals surface area contributed by atoms with Crippen LogP contribution < -0.4 is 0 Å². The molecule has 0 heterocycles. The van der Waals surface area contributed by atoms with Crippen molar-refractivity contribution in [1.29, 1.82) is 0 Å². The number of aliphatic hydroxyl groups excluding tert-OH is 1. The molecule has 0 aromatic heterocycles. The van der Waals surface area contributed by atoms with E-state index in [4.69, 9.17) is 0 Å². The molecule has 0 unspecified atom stereocenters. The fourth-order valence-corrected chi connectivity index (χ4v) is 7.88. The van der Waals surface area contributed by atoms with E-state index < -0.39 is 0 Å². The van der Waals surface area contributed by atoms with Crippen LogP contribution in [0.25, 0.3) is 0 Å². The minimum Gasteiger partial charge on any atom is -0.393 e. The van der Waals surface area contributed by atoms with E-state index in [9.17, 15) is 9.90 Å². The number of Topliss-reactive ketones (excluding diaryl/α,β-unsaturated/α-hetero) is 1. The number of ketones is 1. The first-order chi connectivity index (χ1) is 10.9. The van der Waals surface area contributed by atoms with Gasteiger partial charge in [-0.15, -0.1) is 0 Å². The molecule has 2 nitrogen and oxygen atoms in total. The third kappa shape index (κ3) is 2.19. The van der Waals surface area contributed by atoms with E-state index in [1.54, 1.807) is 0 Å². The lowest BCUT2D eigenvalue weighted by Crippen LogP contribution is -2.54. The molecule has 0 amide bonds. The summed E-state index contributed by atoms with van der Waals surface area (Å²) in [6.07, 6.45) is 10.5. The lowest BCUT2D eigenvalue weighted by molar-refractivity contribution is -0.141. The Morgan fingerprint density at radius 1 is 1.00 bits per heavy atom. The average molecular weight is 319 g/mol. The topological polar surface area (TPSA) is 37.3 Å². The third-order valence-corrected chi connectivity index (χ3v) is 9.14. The number of carbonyl (C=O) groups is 1. The van der Waals surface area contributed by atoms with Crippen LogP contribution in [0.1, 0.15) is 78.6 Å². The summed E-state index contributed by atoms with van der Waals surface area (Å²) in [5.74, 6) is 4.18. The fourth-order valence-electron chi connectivity index (χ4n) is 7.88. The van der Waals surface area contributed by atoms with Crippen LogP contribution in [0.15, 0.2) is 0 Å². The predicted octanol–water partition coefficient (Wildman–Crippen LogP) is 4.60. The van der Waals surface area contributed by atoms with Gasteiger partial charge in [-0.3, -0.25) is 4.79 Å².